The standard InChI is InChI=1S/C6H13NO3.C4H9NO3/c1-3-4(2)6(7,10)5(8)9;1-4(5,2-6)3(7)8/h4,10H,3,7H2,1-2H3,(H,8,9);6H,2,5H2,1H3,(H,7,8)/t4-,6+;4-/m00/s1. The maximum absolute atomic E-state index is 10.2. The van der Waals surface area contributed by atoms with E-state index in [2.05, 4.69) is 0 Å². The zero-order valence-corrected chi connectivity index (χ0v) is 10.8. The molecule has 0 aromatic heterocycles. The van der Waals surface area contributed by atoms with E-state index in [9.17, 15) is 9.59 Å². The lowest BCUT2D eigenvalue weighted by Crippen LogP contribution is -2.53. The van der Waals surface area contributed by atoms with Gasteiger partial charge in [0.05, 0.1) is 6.61 Å². The third-order valence-electron chi connectivity index (χ3n) is 2.52. The largest absolute Gasteiger partial charge is 0.480 e. The van der Waals surface area contributed by atoms with E-state index in [4.69, 9.17) is 31.9 Å². The number of nitrogens with two attached hydrogens (primary N) is 2. The summed E-state index contributed by atoms with van der Waals surface area (Å²) in [6, 6.07) is 0. The van der Waals surface area contributed by atoms with E-state index in [1.165, 1.54) is 6.92 Å². The maximum atomic E-state index is 10.2. The van der Waals surface area contributed by atoms with Crippen LogP contribution in [0.1, 0.15) is 27.2 Å². The highest BCUT2D eigenvalue weighted by molar-refractivity contribution is 5.78. The summed E-state index contributed by atoms with van der Waals surface area (Å²) in [6.07, 6.45) is 0.541. The summed E-state index contributed by atoms with van der Waals surface area (Å²) < 4.78 is 0. The summed E-state index contributed by atoms with van der Waals surface area (Å²) in [5.41, 5.74) is 6.52. The van der Waals surface area contributed by atoms with E-state index in [0.29, 0.717) is 6.42 Å². The predicted octanol–water partition coefficient (Wildman–Crippen LogP) is -1.45. The van der Waals surface area contributed by atoms with Gasteiger partial charge in [-0.15, -0.1) is 0 Å². The van der Waals surface area contributed by atoms with Crippen LogP contribution < -0.4 is 11.5 Å². The van der Waals surface area contributed by atoms with Gasteiger partial charge in [0, 0.05) is 5.92 Å². The van der Waals surface area contributed by atoms with Gasteiger partial charge in [0.15, 0.2) is 0 Å². The van der Waals surface area contributed by atoms with Crippen LogP contribution in [-0.4, -0.2) is 50.2 Å². The van der Waals surface area contributed by atoms with Crippen molar-refractivity contribution in [2.75, 3.05) is 6.61 Å². The van der Waals surface area contributed by atoms with Crippen LogP contribution in [0.3, 0.4) is 0 Å². The summed E-state index contributed by atoms with van der Waals surface area (Å²) in [6.45, 7) is 4.07. The van der Waals surface area contributed by atoms with E-state index in [-0.39, 0.29) is 0 Å². The van der Waals surface area contributed by atoms with Gasteiger partial charge in [-0.1, -0.05) is 13.8 Å². The topological polar surface area (TPSA) is 167 Å². The molecule has 0 aromatic rings. The average molecular weight is 266 g/mol. The van der Waals surface area contributed by atoms with Crippen molar-refractivity contribution in [3.8, 4) is 0 Å². The molecule has 0 bridgehead atoms. The molecule has 0 spiro atoms. The molecule has 0 saturated carbocycles. The van der Waals surface area contributed by atoms with Gasteiger partial charge in [-0.3, -0.25) is 10.5 Å². The van der Waals surface area contributed by atoms with Crippen LogP contribution in [0.15, 0.2) is 0 Å². The number of carboxylic acids is 2. The molecule has 0 heterocycles. The summed E-state index contributed by atoms with van der Waals surface area (Å²) >= 11 is 0. The molecule has 8 N–H and O–H groups in total. The van der Waals surface area contributed by atoms with E-state index >= 15 is 0 Å². The number of aliphatic carboxylic acids is 2. The summed E-state index contributed by atoms with van der Waals surface area (Å²) in [5, 5.41) is 33.8. The summed E-state index contributed by atoms with van der Waals surface area (Å²) in [5.74, 6) is -2.99. The zero-order valence-electron chi connectivity index (χ0n) is 10.8. The van der Waals surface area contributed by atoms with Gasteiger partial charge >= 0.3 is 11.9 Å². The van der Waals surface area contributed by atoms with Gasteiger partial charge in [0.25, 0.3) is 0 Å². The lowest BCUT2D eigenvalue weighted by Gasteiger charge is -2.23. The molecule has 0 rings (SSSR count). The Balaban J connectivity index is 0. The number of hydrogen-bond donors (Lipinski definition) is 6. The SMILES string of the molecule is CC[C@H](C)[C@@](N)(O)C(=O)O.C[C@](N)(CO)C(=O)O. The van der Waals surface area contributed by atoms with Crippen molar-refractivity contribution in [3.63, 3.8) is 0 Å². The monoisotopic (exact) mass is 266 g/mol. The van der Waals surface area contributed by atoms with Crippen LogP contribution in [0.4, 0.5) is 0 Å². The highest BCUT2D eigenvalue weighted by atomic mass is 16.4. The first-order chi connectivity index (χ1) is 7.93. The third kappa shape index (κ3) is 5.92. The number of carbonyl (C=O) groups is 2. The van der Waals surface area contributed by atoms with E-state index in [1.807, 2.05) is 0 Å². The minimum atomic E-state index is -2.07. The van der Waals surface area contributed by atoms with Gasteiger partial charge in [-0.05, 0) is 13.3 Å². The molecular formula is C10H22N2O6. The van der Waals surface area contributed by atoms with E-state index < -0.39 is 35.7 Å². The fourth-order valence-electron chi connectivity index (χ4n) is 0.590. The fraction of sp³-hybridized carbons (Fsp3) is 0.800. The van der Waals surface area contributed by atoms with Gasteiger partial charge in [0.2, 0.25) is 5.72 Å². The van der Waals surface area contributed by atoms with E-state index in [0.717, 1.165) is 0 Å². The van der Waals surface area contributed by atoms with Crippen LogP contribution in [0.5, 0.6) is 0 Å². The maximum Gasteiger partial charge on any atom is 0.351 e. The van der Waals surface area contributed by atoms with Crippen LogP contribution in [0.2, 0.25) is 0 Å². The molecule has 0 fully saturated rings. The molecule has 0 aliphatic rings. The predicted molar refractivity (Wildman–Crippen MR) is 63.5 cm³/mol. The molecule has 8 nitrogen and oxygen atoms in total. The lowest BCUT2D eigenvalue weighted by molar-refractivity contribution is -0.163. The van der Waals surface area contributed by atoms with Gasteiger partial charge < -0.3 is 26.2 Å². The molecule has 0 aliphatic carbocycles. The Morgan fingerprint density at radius 2 is 1.61 bits per heavy atom. The van der Waals surface area contributed by atoms with Crippen LogP contribution >= 0.6 is 0 Å². The van der Waals surface area contributed by atoms with Gasteiger partial charge in [0.1, 0.15) is 5.54 Å². The van der Waals surface area contributed by atoms with Crippen molar-refractivity contribution >= 4 is 11.9 Å². The minimum absolute atomic E-state index is 0.426. The van der Waals surface area contributed by atoms with E-state index in [1.54, 1.807) is 13.8 Å². The Kier molecular flexibility index (Phi) is 7.72. The Bertz CT molecular complexity index is 290. The first-order valence-electron chi connectivity index (χ1n) is 5.31. The van der Waals surface area contributed by atoms with Gasteiger partial charge in [-0.2, -0.15) is 0 Å². The third-order valence-corrected chi connectivity index (χ3v) is 2.52. The molecule has 0 amide bonds. The average Bonchev–Trinajstić information content (AvgIpc) is 2.28. The van der Waals surface area contributed by atoms with Crippen molar-refractivity contribution < 1.29 is 30.0 Å². The summed E-state index contributed by atoms with van der Waals surface area (Å²) in [4.78, 5) is 20.2. The quantitative estimate of drug-likeness (QED) is 0.328. The van der Waals surface area contributed by atoms with Crippen molar-refractivity contribution in [1.29, 1.82) is 0 Å². The Hall–Kier alpha value is -1.22. The molecule has 0 radical (unpaired) electrons. The molecule has 3 atom stereocenters. The molecule has 0 saturated heterocycles. The number of aliphatic hydroxyl groups is 2. The van der Waals surface area contributed by atoms with Crippen LogP contribution in [0.25, 0.3) is 0 Å². The van der Waals surface area contributed by atoms with Crippen LogP contribution in [-0.2, 0) is 9.59 Å². The van der Waals surface area contributed by atoms with Crippen molar-refractivity contribution in [1.82, 2.24) is 0 Å². The highest BCUT2D eigenvalue weighted by Gasteiger charge is 2.36. The van der Waals surface area contributed by atoms with Crippen molar-refractivity contribution in [2.45, 2.75) is 38.5 Å². The number of hydrogen-bond acceptors (Lipinski definition) is 6. The molecule has 8 heteroatoms. The second-order valence-electron chi connectivity index (χ2n) is 4.32. The minimum Gasteiger partial charge on any atom is -0.480 e. The lowest BCUT2D eigenvalue weighted by atomic mass is 9.96. The smallest absolute Gasteiger partial charge is 0.351 e. The molecule has 0 aromatic carbocycles. The normalized spacial score (nSPS) is 18.6. The highest BCUT2D eigenvalue weighted by Crippen LogP contribution is 2.14. The summed E-state index contributed by atoms with van der Waals surface area (Å²) in [7, 11) is 0. The number of carboxylic acid groups (broad SMARTS) is 2. The van der Waals surface area contributed by atoms with Crippen molar-refractivity contribution in [3.05, 3.63) is 0 Å². The molecule has 0 unspecified atom stereocenters. The van der Waals surface area contributed by atoms with Gasteiger partial charge in [-0.25, -0.2) is 4.79 Å². The molecular weight excluding hydrogens is 244 g/mol. The molecule has 108 valence electrons. The second-order valence-corrected chi connectivity index (χ2v) is 4.32. The first kappa shape index (κ1) is 19.1. The Morgan fingerprint density at radius 3 is 1.67 bits per heavy atom. The Labute approximate surface area is 105 Å². The fourth-order valence-corrected chi connectivity index (χ4v) is 0.590. The first-order valence-corrected chi connectivity index (χ1v) is 5.31. The Morgan fingerprint density at radius 1 is 1.22 bits per heavy atom. The number of aliphatic hydroxyl groups excluding tert-OH is 1. The number of rotatable bonds is 5. The van der Waals surface area contributed by atoms with Crippen molar-refractivity contribution in [2.24, 2.45) is 17.4 Å². The molecule has 0 aliphatic heterocycles. The second kappa shape index (κ2) is 7.27. The zero-order chi connectivity index (χ0) is 15.1. The van der Waals surface area contributed by atoms with Crippen LogP contribution in [0, 0.1) is 5.92 Å². The molecule has 18 heavy (non-hydrogen) atoms.